The van der Waals surface area contributed by atoms with Gasteiger partial charge in [0.1, 0.15) is 12.4 Å². The topological polar surface area (TPSA) is 95.7 Å². The van der Waals surface area contributed by atoms with Crippen LogP contribution in [0, 0.1) is 0 Å². The van der Waals surface area contributed by atoms with Crippen molar-refractivity contribution < 1.29 is 14.0 Å². The van der Waals surface area contributed by atoms with E-state index in [0.717, 1.165) is 41.7 Å². The number of nitrogens with zero attached hydrogens (tertiary/aromatic N) is 1. The van der Waals surface area contributed by atoms with Crippen LogP contribution in [0.4, 0.5) is 5.69 Å². The Kier molecular flexibility index (Phi) is 12.4. The van der Waals surface area contributed by atoms with Gasteiger partial charge in [-0.25, -0.2) is 0 Å². The first-order valence-corrected chi connectivity index (χ1v) is 20.7. The molecule has 1 aromatic heterocycles. The number of aromatic nitrogens is 1. The van der Waals surface area contributed by atoms with Crippen molar-refractivity contribution in [1.82, 2.24) is 15.2 Å². The number of carbonyl (C=O) groups is 1. The second kappa shape index (κ2) is 16.5. The highest BCUT2D eigenvalue weighted by atomic mass is 35.5. The van der Waals surface area contributed by atoms with E-state index in [0.29, 0.717) is 48.1 Å². The maximum Gasteiger partial charge on any atom is 0.248 e. The second-order valence-electron chi connectivity index (χ2n) is 14.6. The average molecular weight is 703 g/mol. The van der Waals surface area contributed by atoms with Gasteiger partial charge in [0.05, 0.1) is 22.3 Å². The minimum absolute atomic E-state index is 0.00429. The lowest BCUT2D eigenvalue weighted by Gasteiger charge is -2.39. The molecule has 49 heavy (non-hydrogen) atoms. The lowest BCUT2D eigenvalue weighted by atomic mass is 10.0. The molecular weight excluding hydrogens is 652 g/mol. The Balaban J connectivity index is 1.30. The maximum atomic E-state index is 12.6. The first-order chi connectivity index (χ1) is 23.4. The molecule has 5 rings (SSSR count). The lowest BCUT2D eigenvalue weighted by molar-refractivity contribution is -0.116. The van der Waals surface area contributed by atoms with Gasteiger partial charge in [0.2, 0.25) is 11.5 Å². The zero-order valence-corrected chi connectivity index (χ0v) is 31.3. The largest absolute Gasteiger partial charge is 0.487 e. The molecule has 1 fully saturated rings. The van der Waals surface area contributed by atoms with Gasteiger partial charge in [-0.15, -0.1) is 0 Å². The molecule has 3 aromatic carbocycles. The molecule has 1 atom stereocenters. The predicted molar refractivity (Wildman–Crippen MR) is 203 cm³/mol. The molecule has 10 heteroatoms. The van der Waals surface area contributed by atoms with E-state index in [1.807, 2.05) is 60.7 Å². The lowest BCUT2D eigenvalue weighted by Crippen LogP contribution is -2.43. The van der Waals surface area contributed by atoms with E-state index < -0.39 is 8.32 Å². The summed E-state index contributed by atoms with van der Waals surface area (Å²) in [5, 5.41) is 7.98. The number of aromatic amines is 1. The molecule has 0 radical (unpaired) electrons. The number of fused-ring (bicyclic) bond motifs is 1. The molecule has 1 unspecified atom stereocenters. The van der Waals surface area contributed by atoms with Crippen molar-refractivity contribution in [3.8, 4) is 5.75 Å². The SMILES string of the molecule is CC(C)(C)[Si](C)(C)OC(CNCc1ccc(NC(=O)CCN2CCCCC2)c(Cl)c1)c1ccc(OCc2ccccc2)c2[nH]c(=O)ccc12. The number of benzene rings is 3. The molecule has 2 heterocycles. The number of carbonyl (C=O) groups excluding carboxylic acids is 1. The van der Waals surface area contributed by atoms with Crippen LogP contribution in [-0.2, 0) is 22.4 Å². The molecule has 262 valence electrons. The zero-order valence-electron chi connectivity index (χ0n) is 29.5. The van der Waals surface area contributed by atoms with Gasteiger partial charge in [-0.1, -0.05) is 81.3 Å². The third kappa shape index (κ3) is 10.0. The Hall–Kier alpha value is -3.47. The van der Waals surface area contributed by atoms with Crippen molar-refractivity contribution in [1.29, 1.82) is 0 Å². The molecule has 1 amide bonds. The monoisotopic (exact) mass is 702 g/mol. The van der Waals surface area contributed by atoms with Crippen LogP contribution in [0.1, 0.15) is 69.2 Å². The predicted octanol–water partition coefficient (Wildman–Crippen LogP) is 8.43. The summed E-state index contributed by atoms with van der Waals surface area (Å²) < 4.78 is 13.3. The fourth-order valence-electron chi connectivity index (χ4n) is 5.90. The molecule has 0 saturated carbocycles. The molecule has 1 saturated heterocycles. The summed E-state index contributed by atoms with van der Waals surface area (Å²) in [7, 11) is -2.21. The number of hydrogen-bond donors (Lipinski definition) is 3. The van der Waals surface area contributed by atoms with E-state index in [4.69, 9.17) is 20.8 Å². The number of halogens is 1. The first kappa shape index (κ1) is 36.8. The van der Waals surface area contributed by atoms with Crippen LogP contribution in [0.25, 0.3) is 10.9 Å². The summed E-state index contributed by atoms with van der Waals surface area (Å²) in [6, 6.07) is 23.1. The first-order valence-electron chi connectivity index (χ1n) is 17.4. The van der Waals surface area contributed by atoms with E-state index >= 15 is 0 Å². The average Bonchev–Trinajstić information content (AvgIpc) is 3.07. The van der Waals surface area contributed by atoms with E-state index in [9.17, 15) is 9.59 Å². The Bertz CT molecular complexity index is 1770. The van der Waals surface area contributed by atoms with Gasteiger partial charge < -0.3 is 29.7 Å². The Morgan fingerprint density at radius 2 is 1.73 bits per heavy atom. The van der Waals surface area contributed by atoms with Crippen molar-refractivity contribution in [2.45, 2.75) is 83.8 Å². The standard InChI is InChI=1S/C39H51ClN4O4Si/c1-39(2,3)49(4,5)48-35(30-15-18-34(38-31(30)16-19-36(45)43-38)47-27-28-12-8-6-9-13-28)26-41-25-29-14-17-33(32(40)24-29)42-37(46)20-23-44-21-10-7-11-22-44/h6,8-9,12-19,24,35,41H,7,10-11,20-23,25-27H2,1-5H3,(H,42,46)(H,43,45). The van der Waals surface area contributed by atoms with Crippen LogP contribution in [-0.4, -0.2) is 50.3 Å². The van der Waals surface area contributed by atoms with Crippen LogP contribution in [0.2, 0.25) is 23.2 Å². The second-order valence-corrected chi connectivity index (χ2v) is 19.7. The number of rotatable bonds is 14. The fraction of sp³-hybridized carbons (Fsp3) is 0.436. The molecule has 1 aliphatic rings. The van der Waals surface area contributed by atoms with E-state index in [2.05, 4.69) is 60.4 Å². The Labute approximate surface area is 296 Å². The third-order valence-electron chi connectivity index (χ3n) is 9.79. The summed E-state index contributed by atoms with van der Waals surface area (Å²) in [6.45, 7) is 15.6. The van der Waals surface area contributed by atoms with Crippen molar-refractivity contribution in [2.24, 2.45) is 0 Å². The highest BCUT2D eigenvalue weighted by Gasteiger charge is 2.39. The highest BCUT2D eigenvalue weighted by Crippen LogP contribution is 2.41. The van der Waals surface area contributed by atoms with Crippen molar-refractivity contribution >= 4 is 42.4 Å². The van der Waals surface area contributed by atoms with Crippen molar-refractivity contribution in [2.75, 3.05) is 31.5 Å². The third-order valence-corrected chi connectivity index (χ3v) is 14.6. The summed E-state index contributed by atoms with van der Waals surface area (Å²) in [5.74, 6) is 0.599. The number of likely N-dealkylation sites (tertiary alicyclic amines) is 1. The number of H-pyrrole nitrogens is 1. The fourth-order valence-corrected chi connectivity index (χ4v) is 7.43. The van der Waals surface area contributed by atoms with Crippen molar-refractivity contribution in [3.05, 3.63) is 105 Å². The molecule has 4 aromatic rings. The number of nitrogens with one attached hydrogen (secondary N) is 3. The molecular formula is C39H51ClN4O4Si. The van der Waals surface area contributed by atoms with Gasteiger partial charge in [0, 0.05) is 37.5 Å². The molecule has 0 bridgehead atoms. The van der Waals surface area contributed by atoms with Gasteiger partial charge in [-0.05, 0) is 85.0 Å². The van der Waals surface area contributed by atoms with Gasteiger partial charge in [0.25, 0.3) is 0 Å². The minimum Gasteiger partial charge on any atom is -0.487 e. The summed E-state index contributed by atoms with van der Waals surface area (Å²) in [5.41, 5.74) is 4.13. The summed E-state index contributed by atoms with van der Waals surface area (Å²) >= 11 is 6.64. The minimum atomic E-state index is -2.21. The highest BCUT2D eigenvalue weighted by molar-refractivity contribution is 6.74. The molecule has 1 aliphatic heterocycles. The number of piperidine rings is 1. The Morgan fingerprint density at radius 3 is 2.45 bits per heavy atom. The molecule has 0 spiro atoms. The summed E-state index contributed by atoms with van der Waals surface area (Å²) in [4.78, 5) is 30.5. The molecule has 0 aliphatic carbocycles. The zero-order chi connectivity index (χ0) is 35.0. The van der Waals surface area contributed by atoms with Crippen LogP contribution in [0.3, 0.4) is 0 Å². The maximum absolute atomic E-state index is 12.6. The number of ether oxygens (including phenoxy) is 1. The number of amides is 1. The normalized spacial score (nSPS) is 14.9. The van der Waals surface area contributed by atoms with Gasteiger partial charge in [0.15, 0.2) is 8.32 Å². The quantitative estimate of drug-likeness (QED) is 0.114. The van der Waals surface area contributed by atoms with Gasteiger partial charge >= 0.3 is 0 Å². The van der Waals surface area contributed by atoms with Crippen LogP contribution >= 0.6 is 11.6 Å². The number of anilines is 1. The molecule has 8 nitrogen and oxygen atoms in total. The van der Waals surface area contributed by atoms with Crippen LogP contribution in [0.5, 0.6) is 5.75 Å². The number of hydrogen-bond acceptors (Lipinski definition) is 6. The van der Waals surface area contributed by atoms with Gasteiger partial charge in [-0.2, -0.15) is 0 Å². The summed E-state index contributed by atoms with van der Waals surface area (Å²) in [6.07, 6.45) is 3.87. The van der Waals surface area contributed by atoms with E-state index in [-0.39, 0.29) is 22.6 Å². The van der Waals surface area contributed by atoms with Crippen LogP contribution < -0.4 is 20.9 Å². The van der Waals surface area contributed by atoms with Gasteiger partial charge in [-0.3, -0.25) is 9.59 Å². The smallest absolute Gasteiger partial charge is 0.248 e. The van der Waals surface area contributed by atoms with Crippen molar-refractivity contribution in [3.63, 3.8) is 0 Å². The number of pyridine rings is 1. The van der Waals surface area contributed by atoms with E-state index in [1.54, 1.807) is 6.07 Å². The van der Waals surface area contributed by atoms with E-state index in [1.165, 1.54) is 19.3 Å². The van der Waals surface area contributed by atoms with Crippen LogP contribution in [0.15, 0.2) is 77.6 Å². The molecule has 3 N–H and O–H groups in total. The Morgan fingerprint density at radius 1 is 0.980 bits per heavy atom.